The molecule has 1 amide bonds. The number of aryl methyl sites for hydroxylation is 1. The summed E-state index contributed by atoms with van der Waals surface area (Å²) in [5.41, 5.74) is 8.34. The molecule has 0 spiro atoms. The summed E-state index contributed by atoms with van der Waals surface area (Å²) in [4.78, 5) is 11.4. The number of benzene rings is 1. The fourth-order valence-corrected chi connectivity index (χ4v) is 1.86. The van der Waals surface area contributed by atoms with Crippen LogP contribution in [0.2, 0.25) is 0 Å². The second-order valence-corrected chi connectivity index (χ2v) is 3.96. The number of ether oxygens (including phenoxy) is 1. The van der Waals surface area contributed by atoms with Gasteiger partial charge in [0.15, 0.2) is 5.75 Å². The zero-order valence-electron chi connectivity index (χ0n) is 9.38. The molecule has 0 aromatic heterocycles. The van der Waals surface area contributed by atoms with Crippen molar-refractivity contribution in [3.63, 3.8) is 0 Å². The number of carbonyl (C=O) groups is 1. The first kappa shape index (κ1) is 10.8. The van der Waals surface area contributed by atoms with Gasteiger partial charge >= 0.3 is 0 Å². The molecule has 0 radical (unpaired) electrons. The van der Waals surface area contributed by atoms with Gasteiger partial charge in [-0.3, -0.25) is 4.79 Å². The lowest BCUT2D eigenvalue weighted by molar-refractivity contribution is -0.116. The Balaban J connectivity index is 2.39. The van der Waals surface area contributed by atoms with Crippen molar-refractivity contribution < 1.29 is 9.53 Å². The first-order chi connectivity index (χ1) is 7.70. The number of nitrogens with one attached hydrogen (secondary N) is 1. The van der Waals surface area contributed by atoms with Crippen molar-refractivity contribution in [3.05, 3.63) is 17.7 Å². The number of amides is 1. The number of nitrogens with two attached hydrogens (primary N) is 1. The van der Waals surface area contributed by atoms with E-state index in [2.05, 4.69) is 12.2 Å². The Morgan fingerprint density at radius 3 is 3.06 bits per heavy atom. The maximum absolute atomic E-state index is 11.4. The highest BCUT2D eigenvalue weighted by molar-refractivity contribution is 5.94. The van der Waals surface area contributed by atoms with Crippen molar-refractivity contribution in [3.8, 4) is 5.75 Å². The number of rotatable bonds is 2. The highest BCUT2D eigenvalue weighted by Crippen LogP contribution is 2.34. The van der Waals surface area contributed by atoms with Gasteiger partial charge in [0.05, 0.1) is 24.4 Å². The maximum Gasteiger partial charge on any atom is 0.227 e. The molecule has 0 aliphatic carbocycles. The first-order valence-corrected chi connectivity index (χ1v) is 5.55. The normalized spacial score (nSPS) is 14.7. The maximum atomic E-state index is 11.4. The molecule has 16 heavy (non-hydrogen) atoms. The summed E-state index contributed by atoms with van der Waals surface area (Å²) in [5.74, 6) is 0.581. The van der Waals surface area contributed by atoms with Gasteiger partial charge in [-0.15, -0.1) is 0 Å². The van der Waals surface area contributed by atoms with Gasteiger partial charge in [0.25, 0.3) is 0 Å². The van der Waals surface area contributed by atoms with Crippen LogP contribution in [-0.2, 0) is 11.2 Å². The third-order valence-corrected chi connectivity index (χ3v) is 2.57. The number of fused-ring (bicyclic) bond motifs is 1. The van der Waals surface area contributed by atoms with Gasteiger partial charge in [-0.2, -0.15) is 0 Å². The summed E-state index contributed by atoms with van der Waals surface area (Å²) in [7, 11) is 0. The molecule has 1 heterocycles. The lowest BCUT2D eigenvalue weighted by Gasteiger charge is -2.12. The van der Waals surface area contributed by atoms with Crippen molar-refractivity contribution in [2.75, 3.05) is 17.7 Å². The van der Waals surface area contributed by atoms with Gasteiger partial charge < -0.3 is 15.8 Å². The molecule has 0 unspecified atom stereocenters. The van der Waals surface area contributed by atoms with E-state index in [1.165, 1.54) is 0 Å². The quantitative estimate of drug-likeness (QED) is 0.749. The van der Waals surface area contributed by atoms with E-state index in [1.54, 1.807) is 0 Å². The Bertz CT molecular complexity index is 416. The Morgan fingerprint density at radius 1 is 1.50 bits per heavy atom. The largest absolute Gasteiger partial charge is 0.489 e. The van der Waals surface area contributed by atoms with E-state index in [-0.39, 0.29) is 5.91 Å². The SMILES string of the molecule is CCCc1cc(N)c2c(c1)NC(=O)CCO2. The van der Waals surface area contributed by atoms with Crippen LogP contribution in [0.5, 0.6) is 5.75 Å². The number of carbonyl (C=O) groups excluding carboxylic acids is 1. The zero-order valence-corrected chi connectivity index (χ0v) is 9.38. The average molecular weight is 220 g/mol. The fraction of sp³-hybridized carbons (Fsp3) is 0.417. The molecule has 86 valence electrons. The van der Waals surface area contributed by atoms with Gasteiger partial charge in [0.1, 0.15) is 0 Å². The smallest absolute Gasteiger partial charge is 0.227 e. The first-order valence-electron chi connectivity index (χ1n) is 5.55. The molecule has 0 saturated carbocycles. The predicted molar refractivity (Wildman–Crippen MR) is 63.6 cm³/mol. The number of hydrogen-bond donors (Lipinski definition) is 2. The van der Waals surface area contributed by atoms with Crippen molar-refractivity contribution in [2.45, 2.75) is 26.2 Å². The van der Waals surface area contributed by atoms with Gasteiger partial charge in [0, 0.05) is 0 Å². The summed E-state index contributed by atoms with van der Waals surface area (Å²) in [5, 5.41) is 2.82. The highest BCUT2D eigenvalue weighted by Gasteiger charge is 2.16. The summed E-state index contributed by atoms with van der Waals surface area (Å²) in [6, 6.07) is 3.86. The van der Waals surface area contributed by atoms with E-state index in [0.717, 1.165) is 18.4 Å². The van der Waals surface area contributed by atoms with E-state index in [4.69, 9.17) is 10.5 Å². The Hall–Kier alpha value is -1.71. The molecule has 0 fully saturated rings. The molecule has 0 saturated heterocycles. The van der Waals surface area contributed by atoms with Crippen LogP contribution in [0.1, 0.15) is 25.3 Å². The topological polar surface area (TPSA) is 64.3 Å². The zero-order chi connectivity index (χ0) is 11.5. The summed E-state index contributed by atoms with van der Waals surface area (Å²) in [6.45, 7) is 2.49. The molecule has 1 aromatic rings. The van der Waals surface area contributed by atoms with Crippen LogP contribution in [0, 0.1) is 0 Å². The lowest BCUT2D eigenvalue weighted by Crippen LogP contribution is -2.10. The molecule has 1 aromatic carbocycles. The van der Waals surface area contributed by atoms with Crippen LogP contribution in [-0.4, -0.2) is 12.5 Å². The monoisotopic (exact) mass is 220 g/mol. The van der Waals surface area contributed by atoms with E-state index in [9.17, 15) is 4.79 Å². The predicted octanol–water partition coefficient (Wildman–Crippen LogP) is 1.94. The Kier molecular flexibility index (Phi) is 2.99. The van der Waals surface area contributed by atoms with E-state index >= 15 is 0 Å². The fourth-order valence-electron chi connectivity index (χ4n) is 1.86. The van der Waals surface area contributed by atoms with Crippen LogP contribution < -0.4 is 15.8 Å². The molecular weight excluding hydrogens is 204 g/mol. The van der Waals surface area contributed by atoms with Crippen LogP contribution >= 0.6 is 0 Å². The number of nitrogen functional groups attached to an aromatic ring is 1. The molecular formula is C12H16N2O2. The van der Waals surface area contributed by atoms with Crippen molar-refractivity contribution in [1.29, 1.82) is 0 Å². The molecule has 2 rings (SSSR count). The minimum Gasteiger partial charge on any atom is -0.489 e. The highest BCUT2D eigenvalue weighted by atomic mass is 16.5. The van der Waals surface area contributed by atoms with Crippen molar-refractivity contribution >= 4 is 17.3 Å². The third kappa shape index (κ3) is 2.10. The summed E-state index contributed by atoms with van der Waals surface area (Å²) < 4.78 is 5.47. The van der Waals surface area contributed by atoms with E-state index < -0.39 is 0 Å². The van der Waals surface area contributed by atoms with Gasteiger partial charge in [0.2, 0.25) is 5.91 Å². The van der Waals surface area contributed by atoms with E-state index in [1.807, 2.05) is 12.1 Å². The second-order valence-electron chi connectivity index (χ2n) is 3.96. The molecule has 3 N–H and O–H groups in total. The van der Waals surface area contributed by atoms with Gasteiger partial charge in [-0.1, -0.05) is 13.3 Å². The van der Waals surface area contributed by atoms with Crippen molar-refractivity contribution in [2.24, 2.45) is 0 Å². The molecule has 0 bridgehead atoms. The van der Waals surface area contributed by atoms with Crippen LogP contribution in [0.25, 0.3) is 0 Å². The molecule has 4 heteroatoms. The van der Waals surface area contributed by atoms with Gasteiger partial charge in [-0.25, -0.2) is 0 Å². The van der Waals surface area contributed by atoms with E-state index in [0.29, 0.717) is 30.2 Å². The Morgan fingerprint density at radius 2 is 2.31 bits per heavy atom. The molecule has 0 atom stereocenters. The number of anilines is 2. The third-order valence-electron chi connectivity index (χ3n) is 2.57. The standard InChI is InChI=1S/C12H16N2O2/c1-2-3-8-6-9(13)12-10(7-8)14-11(15)4-5-16-12/h6-7H,2-5,13H2,1H3,(H,14,15). The molecule has 1 aliphatic heterocycles. The Labute approximate surface area is 94.8 Å². The average Bonchev–Trinajstić information content (AvgIpc) is 2.40. The molecule has 1 aliphatic rings. The second kappa shape index (κ2) is 4.43. The van der Waals surface area contributed by atoms with Crippen LogP contribution in [0.3, 0.4) is 0 Å². The minimum absolute atomic E-state index is 0.0215. The van der Waals surface area contributed by atoms with Crippen LogP contribution in [0.4, 0.5) is 11.4 Å². The van der Waals surface area contributed by atoms with Crippen molar-refractivity contribution in [1.82, 2.24) is 0 Å². The number of hydrogen-bond acceptors (Lipinski definition) is 3. The lowest BCUT2D eigenvalue weighted by atomic mass is 10.1. The van der Waals surface area contributed by atoms with Gasteiger partial charge in [-0.05, 0) is 24.1 Å². The minimum atomic E-state index is -0.0215. The van der Waals surface area contributed by atoms with Crippen LogP contribution in [0.15, 0.2) is 12.1 Å². The molecule has 4 nitrogen and oxygen atoms in total. The summed E-state index contributed by atoms with van der Waals surface area (Å²) >= 11 is 0. The summed E-state index contributed by atoms with van der Waals surface area (Å²) in [6.07, 6.45) is 2.37.